The van der Waals surface area contributed by atoms with E-state index in [-0.39, 0.29) is 11.9 Å². The molecule has 2 aromatic rings. The number of thiophene rings is 1. The number of amides is 1. The summed E-state index contributed by atoms with van der Waals surface area (Å²) in [6, 6.07) is 4.21. The lowest BCUT2D eigenvalue weighted by Crippen LogP contribution is -2.38. The predicted molar refractivity (Wildman–Crippen MR) is 80.1 cm³/mol. The highest BCUT2D eigenvalue weighted by Crippen LogP contribution is 2.26. The van der Waals surface area contributed by atoms with Gasteiger partial charge in [-0.15, -0.1) is 11.3 Å². The lowest BCUT2D eigenvalue weighted by molar-refractivity contribution is 0.0721. The number of aromatic nitrogens is 2. The van der Waals surface area contributed by atoms with Crippen LogP contribution in [0.1, 0.15) is 33.0 Å². The summed E-state index contributed by atoms with van der Waals surface area (Å²) in [4.78, 5) is 17.1. The van der Waals surface area contributed by atoms with Crippen molar-refractivity contribution in [1.82, 2.24) is 14.7 Å². The Balaban J connectivity index is 1.78. The van der Waals surface area contributed by atoms with Crippen LogP contribution in [0.2, 0.25) is 0 Å². The molecular weight excluding hydrogens is 270 g/mol. The van der Waals surface area contributed by atoms with Crippen LogP contribution in [0.4, 0.5) is 0 Å². The Labute approximate surface area is 123 Å². The third-order valence-corrected chi connectivity index (χ3v) is 4.83. The molecular formula is C15H19N3OS. The quantitative estimate of drug-likeness (QED) is 0.871. The largest absolute Gasteiger partial charge is 0.334 e. The van der Waals surface area contributed by atoms with Gasteiger partial charge in [0.05, 0.1) is 18.2 Å². The highest BCUT2D eigenvalue weighted by molar-refractivity contribution is 7.12. The van der Waals surface area contributed by atoms with Crippen LogP contribution in [0.25, 0.3) is 0 Å². The zero-order valence-corrected chi connectivity index (χ0v) is 12.7. The third kappa shape index (κ3) is 2.50. The van der Waals surface area contributed by atoms with Gasteiger partial charge >= 0.3 is 0 Å². The molecule has 4 nitrogen and oxygen atoms in total. The molecule has 106 valence electrons. The van der Waals surface area contributed by atoms with Crippen molar-refractivity contribution in [2.75, 3.05) is 6.54 Å². The molecule has 0 N–H and O–H groups in total. The van der Waals surface area contributed by atoms with Crippen LogP contribution < -0.4 is 0 Å². The van der Waals surface area contributed by atoms with Crippen LogP contribution in [-0.4, -0.2) is 33.2 Å². The Hall–Kier alpha value is -1.62. The van der Waals surface area contributed by atoms with Crippen molar-refractivity contribution in [3.63, 3.8) is 0 Å². The lowest BCUT2D eigenvalue weighted by Gasteiger charge is -2.24. The van der Waals surface area contributed by atoms with Crippen LogP contribution in [0, 0.1) is 13.8 Å². The molecule has 1 atom stereocenters. The van der Waals surface area contributed by atoms with E-state index in [1.807, 2.05) is 34.8 Å². The second-order valence-corrected chi connectivity index (χ2v) is 6.81. The van der Waals surface area contributed by atoms with Crippen molar-refractivity contribution in [3.05, 3.63) is 39.8 Å². The molecule has 5 heteroatoms. The first kappa shape index (κ1) is 13.4. The number of carbonyl (C=O) groups is 1. The lowest BCUT2D eigenvalue weighted by atomic mass is 10.2. The van der Waals surface area contributed by atoms with E-state index in [0.717, 1.165) is 36.4 Å². The second kappa shape index (κ2) is 5.40. The molecule has 0 aromatic carbocycles. The molecule has 3 heterocycles. The maximum absolute atomic E-state index is 12.7. The fourth-order valence-electron chi connectivity index (χ4n) is 2.92. The zero-order valence-electron chi connectivity index (χ0n) is 11.9. The number of aryl methyl sites for hydroxylation is 2. The molecule has 0 spiro atoms. The van der Waals surface area contributed by atoms with E-state index in [9.17, 15) is 4.79 Å². The highest BCUT2D eigenvalue weighted by Gasteiger charge is 2.30. The summed E-state index contributed by atoms with van der Waals surface area (Å²) < 4.78 is 1.92. The van der Waals surface area contributed by atoms with E-state index < -0.39 is 0 Å². The number of likely N-dealkylation sites (tertiary alicyclic amines) is 1. The normalized spacial score (nSPS) is 18.7. The Kier molecular flexibility index (Phi) is 3.61. The Bertz CT molecular complexity index is 603. The smallest absolute Gasteiger partial charge is 0.255 e. The maximum Gasteiger partial charge on any atom is 0.255 e. The van der Waals surface area contributed by atoms with Crippen LogP contribution in [0.15, 0.2) is 24.5 Å². The molecule has 1 aliphatic rings. The molecule has 1 aliphatic heterocycles. The van der Waals surface area contributed by atoms with Gasteiger partial charge in [0, 0.05) is 28.7 Å². The molecule has 1 unspecified atom stereocenters. The fraction of sp³-hybridized carbons (Fsp3) is 0.467. The number of hydrogen-bond donors (Lipinski definition) is 0. The summed E-state index contributed by atoms with van der Waals surface area (Å²) in [7, 11) is 0. The molecule has 0 radical (unpaired) electrons. The first-order valence-corrected chi connectivity index (χ1v) is 7.82. The van der Waals surface area contributed by atoms with Crippen molar-refractivity contribution in [2.45, 2.75) is 39.3 Å². The molecule has 3 rings (SSSR count). The number of hydrogen-bond acceptors (Lipinski definition) is 3. The number of rotatable bonds is 3. The van der Waals surface area contributed by atoms with E-state index in [4.69, 9.17) is 0 Å². The average Bonchev–Trinajstić information content (AvgIpc) is 3.11. The molecule has 0 saturated carbocycles. The standard InChI is InChI=1S/C15H19N3OS/c1-11-9-14(12(2)20-11)15(19)18-8-3-5-13(18)10-17-7-4-6-16-17/h4,6-7,9,13H,3,5,8,10H2,1-2H3. The first-order chi connectivity index (χ1) is 9.65. The minimum absolute atomic E-state index is 0.182. The van der Waals surface area contributed by atoms with Crippen LogP contribution >= 0.6 is 11.3 Å². The summed E-state index contributed by atoms with van der Waals surface area (Å²) in [5.41, 5.74) is 0.875. The topological polar surface area (TPSA) is 38.1 Å². The minimum atomic E-state index is 0.182. The second-order valence-electron chi connectivity index (χ2n) is 5.35. The Morgan fingerprint density at radius 1 is 1.50 bits per heavy atom. The van der Waals surface area contributed by atoms with Crippen LogP contribution in [0.5, 0.6) is 0 Å². The third-order valence-electron chi connectivity index (χ3n) is 3.87. The van der Waals surface area contributed by atoms with Crippen molar-refractivity contribution in [1.29, 1.82) is 0 Å². The number of nitrogens with zero attached hydrogens (tertiary/aromatic N) is 3. The Morgan fingerprint density at radius 3 is 3.00 bits per heavy atom. The first-order valence-electron chi connectivity index (χ1n) is 7.00. The monoisotopic (exact) mass is 289 g/mol. The minimum Gasteiger partial charge on any atom is -0.334 e. The van der Waals surface area contributed by atoms with Crippen molar-refractivity contribution < 1.29 is 4.79 Å². The summed E-state index contributed by atoms with van der Waals surface area (Å²) in [6.07, 6.45) is 5.89. The fourth-order valence-corrected chi connectivity index (χ4v) is 3.83. The van der Waals surface area contributed by atoms with E-state index in [2.05, 4.69) is 12.0 Å². The zero-order chi connectivity index (χ0) is 14.1. The van der Waals surface area contributed by atoms with Gasteiger partial charge in [0.25, 0.3) is 5.91 Å². The SMILES string of the molecule is Cc1cc(C(=O)N2CCCC2Cn2cccn2)c(C)s1. The van der Waals surface area contributed by atoms with E-state index in [1.165, 1.54) is 4.88 Å². The van der Waals surface area contributed by atoms with Crippen molar-refractivity contribution in [3.8, 4) is 0 Å². The van der Waals surface area contributed by atoms with Crippen molar-refractivity contribution >= 4 is 17.2 Å². The number of carbonyl (C=O) groups excluding carboxylic acids is 1. The summed E-state index contributed by atoms with van der Waals surface area (Å²) in [5, 5.41) is 4.25. The maximum atomic E-state index is 12.7. The van der Waals surface area contributed by atoms with Crippen LogP contribution in [-0.2, 0) is 6.54 Å². The van der Waals surface area contributed by atoms with Gasteiger partial charge in [-0.05, 0) is 38.8 Å². The van der Waals surface area contributed by atoms with Gasteiger partial charge in [0.2, 0.25) is 0 Å². The highest BCUT2D eigenvalue weighted by atomic mass is 32.1. The van der Waals surface area contributed by atoms with Gasteiger partial charge in [-0.2, -0.15) is 5.10 Å². The molecule has 0 bridgehead atoms. The average molecular weight is 289 g/mol. The molecule has 2 aromatic heterocycles. The molecule has 0 aliphatic carbocycles. The van der Waals surface area contributed by atoms with E-state index in [1.54, 1.807) is 17.5 Å². The van der Waals surface area contributed by atoms with Gasteiger partial charge in [-0.3, -0.25) is 9.48 Å². The van der Waals surface area contributed by atoms with Crippen molar-refractivity contribution in [2.24, 2.45) is 0 Å². The van der Waals surface area contributed by atoms with Gasteiger partial charge < -0.3 is 4.90 Å². The molecule has 20 heavy (non-hydrogen) atoms. The summed E-state index contributed by atoms with van der Waals surface area (Å²) >= 11 is 1.70. The van der Waals surface area contributed by atoms with Gasteiger partial charge in [0.15, 0.2) is 0 Å². The molecule has 1 saturated heterocycles. The molecule has 1 amide bonds. The van der Waals surface area contributed by atoms with Gasteiger partial charge in [-0.1, -0.05) is 0 Å². The van der Waals surface area contributed by atoms with E-state index in [0.29, 0.717) is 0 Å². The Morgan fingerprint density at radius 2 is 2.35 bits per heavy atom. The molecule has 1 fully saturated rings. The van der Waals surface area contributed by atoms with Crippen LogP contribution in [0.3, 0.4) is 0 Å². The van der Waals surface area contributed by atoms with Gasteiger partial charge in [-0.25, -0.2) is 0 Å². The summed E-state index contributed by atoms with van der Waals surface area (Å²) in [6.45, 7) is 5.74. The van der Waals surface area contributed by atoms with E-state index >= 15 is 0 Å². The predicted octanol–water partition coefficient (Wildman–Crippen LogP) is 2.87. The van der Waals surface area contributed by atoms with Gasteiger partial charge in [0.1, 0.15) is 0 Å². The summed E-state index contributed by atoms with van der Waals surface area (Å²) in [5.74, 6) is 0.182.